The fourth-order valence-corrected chi connectivity index (χ4v) is 2.16. The second-order valence-corrected chi connectivity index (χ2v) is 4.32. The zero-order chi connectivity index (χ0) is 10.7. The smallest absolute Gasteiger partial charge is 0.0399 e. The normalized spacial score (nSPS) is 16.5. The summed E-state index contributed by atoms with van der Waals surface area (Å²) in [6, 6.07) is 9.06. The molecule has 2 heteroatoms. The lowest BCUT2D eigenvalue weighted by molar-refractivity contribution is 0.588. The zero-order valence-electron chi connectivity index (χ0n) is 9.45. The van der Waals surface area contributed by atoms with Crippen molar-refractivity contribution in [2.75, 3.05) is 18.0 Å². The number of benzene rings is 1. The predicted octanol–water partition coefficient (Wildman–Crippen LogP) is 2.18. The van der Waals surface area contributed by atoms with E-state index in [0.717, 1.165) is 25.9 Å². The van der Waals surface area contributed by atoms with Crippen LogP contribution in [0.4, 0.5) is 5.69 Å². The van der Waals surface area contributed by atoms with E-state index >= 15 is 0 Å². The summed E-state index contributed by atoms with van der Waals surface area (Å²) in [5.41, 5.74) is 8.85. The lowest BCUT2D eigenvalue weighted by atomic mass is 10.1. The van der Waals surface area contributed by atoms with Gasteiger partial charge in [-0.3, -0.25) is 0 Å². The van der Waals surface area contributed by atoms with Gasteiger partial charge in [-0.15, -0.1) is 0 Å². The molecule has 0 fully saturated rings. The number of nitrogens with zero attached hydrogens (tertiary/aromatic N) is 1. The van der Waals surface area contributed by atoms with Crippen LogP contribution in [0.15, 0.2) is 24.3 Å². The van der Waals surface area contributed by atoms with Gasteiger partial charge in [-0.05, 0) is 30.9 Å². The molecule has 2 nitrogen and oxygen atoms in total. The summed E-state index contributed by atoms with van der Waals surface area (Å²) in [7, 11) is 0. The first-order valence-electron chi connectivity index (χ1n) is 5.89. The molecule has 82 valence electrons. The van der Waals surface area contributed by atoms with Gasteiger partial charge in [0.1, 0.15) is 0 Å². The minimum absolute atomic E-state index is 0.359. The predicted molar refractivity (Wildman–Crippen MR) is 65.2 cm³/mol. The molecule has 0 spiro atoms. The first-order valence-corrected chi connectivity index (χ1v) is 5.89. The van der Waals surface area contributed by atoms with Gasteiger partial charge in [0.15, 0.2) is 0 Å². The molecule has 2 N–H and O–H groups in total. The van der Waals surface area contributed by atoms with Gasteiger partial charge in [-0.1, -0.05) is 25.1 Å². The van der Waals surface area contributed by atoms with Crippen molar-refractivity contribution in [3.8, 4) is 0 Å². The minimum Gasteiger partial charge on any atom is -0.371 e. The molecule has 0 radical (unpaired) electrons. The maximum absolute atomic E-state index is 5.94. The highest BCUT2D eigenvalue weighted by atomic mass is 15.1. The Morgan fingerprint density at radius 3 is 3.00 bits per heavy atom. The third-order valence-corrected chi connectivity index (χ3v) is 3.28. The van der Waals surface area contributed by atoms with Crippen molar-refractivity contribution >= 4 is 5.69 Å². The van der Waals surface area contributed by atoms with Crippen LogP contribution in [0.3, 0.4) is 0 Å². The van der Waals surface area contributed by atoms with E-state index in [0.29, 0.717) is 6.04 Å². The van der Waals surface area contributed by atoms with Gasteiger partial charge in [0.2, 0.25) is 0 Å². The number of nitrogens with two attached hydrogens (primary N) is 1. The number of para-hydroxylation sites is 1. The first kappa shape index (κ1) is 10.5. The third-order valence-electron chi connectivity index (χ3n) is 3.28. The third kappa shape index (κ3) is 2.32. The Bertz CT molecular complexity index is 322. The van der Waals surface area contributed by atoms with Crippen LogP contribution in [0.1, 0.15) is 25.3 Å². The SMILES string of the molecule is CCC(N)CCN1CCc2ccccc21. The maximum Gasteiger partial charge on any atom is 0.0399 e. The van der Waals surface area contributed by atoms with Crippen molar-refractivity contribution in [3.63, 3.8) is 0 Å². The molecule has 2 rings (SSSR count). The molecule has 0 aromatic heterocycles. The number of hydrogen-bond donors (Lipinski definition) is 1. The van der Waals surface area contributed by atoms with E-state index in [1.807, 2.05) is 0 Å². The summed E-state index contributed by atoms with van der Waals surface area (Å²) in [5.74, 6) is 0. The summed E-state index contributed by atoms with van der Waals surface area (Å²) in [6.07, 6.45) is 3.37. The number of hydrogen-bond acceptors (Lipinski definition) is 2. The first-order chi connectivity index (χ1) is 7.31. The molecule has 0 aliphatic carbocycles. The van der Waals surface area contributed by atoms with Gasteiger partial charge in [-0.2, -0.15) is 0 Å². The summed E-state index contributed by atoms with van der Waals surface area (Å²) in [4.78, 5) is 2.46. The maximum atomic E-state index is 5.94. The Labute approximate surface area is 92.1 Å². The van der Waals surface area contributed by atoms with Crippen LogP contribution in [0.2, 0.25) is 0 Å². The van der Waals surface area contributed by atoms with E-state index in [-0.39, 0.29) is 0 Å². The molecule has 1 heterocycles. The standard InChI is InChI=1S/C13H20N2/c1-2-12(14)8-10-15-9-7-11-5-3-4-6-13(11)15/h3-6,12H,2,7-10,14H2,1H3. The van der Waals surface area contributed by atoms with E-state index in [4.69, 9.17) is 5.73 Å². The molecule has 0 saturated carbocycles. The highest BCUT2D eigenvalue weighted by Gasteiger charge is 2.17. The van der Waals surface area contributed by atoms with E-state index < -0.39 is 0 Å². The lowest BCUT2D eigenvalue weighted by Gasteiger charge is -2.21. The van der Waals surface area contributed by atoms with E-state index in [1.54, 1.807) is 0 Å². The van der Waals surface area contributed by atoms with Crippen molar-refractivity contribution in [1.82, 2.24) is 0 Å². The van der Waals surface area contributed by atoms with Crippen LogP contribution in [0, 0.1) is 0 Å². The fraction of sp³-hybridized carbons (Fsp3) is 0.538. The summed E-state index contributed by atoms with van der Waals surface area (Å²) >= 11 is 0. The largest absolute Gasteiger partial charge is 0.371 e. The number of fused-ring (bicyclic) bond motifs is 1. The molecule has 1 unspecified atom stereocenters. The second-order valence-electron chi connectivity index (χ2n) is 4.32. The number of anilines is 1. The van der Waals surface area contributed by atoms with Gasteiger partial charge in [-0.25, -0.2) is 0 Å². The van der Waals surface area contributed by atoms with E-state index in [2.05, 4.69) is 36.1 Å². The number of rotatable bonds is 4. The van der Waals surface area contributed by atoms with Crippen LogP contribution in [-0.4, -0.2) is 19.1 Å². The average Bonchev–Trinajstić information content (AvgIpc) is 2.69. The van der Waals surface area contributed by atoms with Gasteiger partial charge >= 0.3 is 0 Å². The molecule has 1 aromatic rings. The monoisotopic (exact) mass is 204 g/mol. The highest BCUT2D eigenvalue weighted by Crippen LogP contribution is 2.27. The second kappa shape index (κ2) is 4.67. The Morgan fingerprint density at radius 1 is 1.40 bits per heavy atom. The molecular formula is C13H20N2. The Morgan fingerprint density at radius 2 is 2.20 bits per heavy atom. The van der Waals surface area contributed by atoms with Crippen molar-refractivity contribution in [2.24, 2.45) is 5.73 Å². The Kier molecular flexibility index (Phi) is 3.27. The Balaban J connectivity index is 1.96. The summed E-state index contributed by atoms with van der Waals surface area (Å²) in [6.45, 7) is 4.42. The van der Waals surface area contributed by atoms with Gasteiger partial charge in [0.25, 0.3) is 0 Å². The van der Waals surface area contributed by atoms with Gasteiger partial charge in [0.05, 0.1) is 0 Å². The van der Waals surface area contributed by atoms with Crippen LogP contribution in [-0.2, 0) is 6.42 Å². The summed E-state index contributed by atoms with van der Waals surface area (Å²) < 4.78 is 0. The van der Waals surface area contributed by atoms with Crippen molar-refractivity contribution in [2.45, 2.75) is 32.2 Å². The van der Waals surface area contributed by atoms with Gasteiger partial charge < -0.3 is 10.6 Å². The molecule has 0 bridgehead atoms. The average molecular weight is 204 g/mol. The molecule has 1 aromatic carbocycles. The van der Waals surface area contributed by atoms with E-state index in [9.17, 15) is 0 Å². The molecule has 1 atom stereocenters. The molecule has 0 amide bonds. The van der Waals surface area contributed by atoms with Crippen LogP contribution >= 0.6 is 0 Å². The molecular weight excluding hydrogens is 184 g/mol. The van der Waals surface area contributed by atoms with Crippen molar-refractivity contribution in [1.29, 1.82) is 0 Å². The quantitative estimate of drug-likeness (QED) is 0.814. The molecule has 0 saturated heterocycles. The molecule has 15 heavy (non-hydrogen) atoms. The van der Waals surface area contributed by atoms with Crippen LogP contribution in [0.5, 0.6) is 0 Å². The Hall–Kier alpha value is -1.02. The summed E-state index contributed by atoms with van der Waals surface area (Å²) in [5, 5.41) is 0. The van der Waals surface area contributed by atoms with Crippen molar-refractivity contribution < 1.29 is 0 Å². The van der Waals surface area contributed by atoms with Crippen LogP contribution < -0.4 is 10.6 Å². The molecule has 1 aliphatic heterocycles. The lowest BCUT2D eigenvalue weighted by Crippen LogP contribution is -2.28. The van der Waals surface area contributed by atoms with Gasteiger partial charge in [0, 0.05) is 24.8 Å². The van der Waals surface area contributed by atoms with Crippen LogP contribution in [0.25, 0.3) is 0 Å². The zero-order valence-corrected chi connectivity index (χ0v) is 9.45. The molecule has 1 aliphatic rings. The fourth-order valence-electron chi connectivity index (χ4n) is 2.16. The minimum atomic E-state index is 0.359. The topological polar surface area (TPSA) is 29.3 Å². The highest BCUT2D eigenvalue weighted by molar-refractivity contribution is 5.57. The van der Waals surface area contributed by atoms with E-state index in [1.165, 1.54) is 17.7 Å². The van der Waals surface area contributed by atoms with Crippen molar-refractivity contribution in [3.05, 3.63) is 29.8 Å².